The van der Waals surface area contributed by atoms with Gasteiger partial charge in [0.1, 0.15) is 18.1 Å². The SMILES string of the molecule is O=[N+]([O-])c1cn2c(n1)OC(CN1CCN(c3ccc(F)cc3)CC1)C2. The second kappa shape index (κ2) is 6.32. The minimum atomic E-state index is -0.516. The number of aromatic nitrogens is 2. The summed E-state index contributed by atoms with van der Waals surface area (Å²) in [4.78, 5) is 18.6. The number of ether oxygens (including phenoxy) is 1. The fourth-order valence-electron chi connectivity index (χ4n) is 3.33. The van der Waals surface area contributed by atoms with Crippen LogP contribution in [-0.4, -0.2) is 58.2 Å². The van der Waals surface area contributed by atoms with Gasteiger partial charge in [0, 0.05) is 43.4 Å². The molecule has 0 radical (unpaired) electrons. The number of benzene rings is 1. The van der Waals surface area contributed by atoms with Gasteiger partial charge in [0.2, 0.25) is 0 Å². The summed E-state index contributed by atoms with van der Waals surface area (Å²) in [5.74, 6) is -0.403. The average Bonchev–Trinajstić information content (AvgIpc) is 3.15. The molecule has 1 atom stereocenters. The number of hydrogen-bond donors (Lipinski definition) is 0. The molecule has 25 heavy (non-hydrogen) atoms. The maximum atomic E-state index is 13.0. The van der Waals surface area contributed by atoms with Crippen LogP contribution in [0.25, 0.3) is 0 Å². The number of anilines is 1. The van der Waals surface area contributed by atoms with Crippen molar-refractivity contribution in [1.82, 2.24) is 14.5 Å². The Hall–Kier alpha value is -2.68. The first-order chi connectivity index (χ1) is 12.1. The zero-order valence-corrected chi connectivity index (χ0v) is 13.5. The molecule has 2 aliphatic heterocycles. The van der Waals surface area contributed by atoms with Gasteiger partial charge >= 0.3 is 11.8 Å². The molecule has 3 heterocycles. The quantitative estimate of drug-likeness (QED) is 0.616. The molecule has 1 saturated heterocycles. The fourth-order valence-corrected chi connectivity index (χ4v) is 3.33. The second-order valence-electron chi connectivity index (χ2n) is 6.30. The van der Waals surface area contributed by atoms with Gasteiger partial charge < -0.3 is 19.8 Å². The maximum absolute atomic E-state index is 13.0. The Balaban J connectivity index is 1.28. The molecule has 8 nitrogen and oxygen atoms in total. The summed E-state index contributed by atoms with van der Waals surface area (Å²) in [6.45, 7) is 4.85. The molecular weight excluding hydrogens is 329 g/mol. The molecule has 0 aliphatic carbocycles. The summed E-state index contributed by atoms with van der Waals surface area (Å²) in [6.07, 6.45) is 1.38. The van der Waals surface area contributed by atoms with Crippen molar-refractivity contribution in [1.29, 1.82) is 0 Å². The lowest BCUT2D eigenvalue weighted by Crippen LogP contribution is -2.49. The van der Waals surface area contributed by atoms with Crippen LogP contribution in [0.5, 0.6) is 6.01 Å². The van der Waals surface area contributed by atoms with Gasteiger partial charge in [-0.1, -0.05) is 0 Å². The smallest absolute Gasteiger partial charge is 0.414 e. The average molecular weight is 347 g/mol. The summed E-state index contributed by atoms with van der Waals surface area (Å²) in [7, 11) is 0. The highest BCUT2D eigenvalue weighted by Crippen LogP contribution is 2.25. The molecule has 1 aromatic heterocycles. The van der Waals surface area contributed by atoms with Crippen LogP contribution in [0.3, 0.4) is 0 Å². The maximum Gasteiger partial charge on any atom is 0.414 e. The van der Waals surface area contributed by atoms with Crippen molar-refractivity contribution in [2.45, 2.75) is 12.6 Å². The second-order valence-corrected chi connectivity index (χ2v) is 6.30. The van der Waals surface area contributed by atoms with E-state index in [1.807, 2.05) is 0 Å². The highest BCUT2D eigenvalue weighted by Gasteiger charge is 2.32. The Labute approximate surface area is 143 Å². The molecule has 2 aromatic rings. The Morgan fingerprint density at radius 2 is 1.96 bits per heavy atom. The van der Waals surface area contributed by atoms with Gasteiger partial charge in [-0.3, -0.25) is 9.47 Å². The van der Waals surface area contributed by atoms with Gasteiger partial charge in [0.05, 0.1) is 6.54 Å². The highest BCUT2D eigenvalue weighted by molar-refractivity contribution is 5.46. The molecule has 1 unspecified atom stereocenters. The number of hydrogen-bond acceptors (Lipinski definition) is 6. The van der Waals surface area contributed by atoms with Crippen LogP contribution in [-0.2, 0) is 6.54 Å². The zero-order valence-electron chi connectivity index (χ0n) is 13.5. The molecule has 0 bridgehead atoms. The summed E-state index contributed by atoms with van der Waals surface area (Å²) in [6, 6.07) is 6.89. The highest BCUT2D eigenvalue weighted by atomic mass is 19.1. The standard InChI is InChI=1S/C16H18FN5O3/c17-12-1-3-13(4-2-12)20-7-5-19(6-8-20)9-14-10-21-11-15(22(23)24)18-16(21)25-14/h1-4,11,14H,5-10H2. The molecule has 0 amide bonds. The minimum absolute atomic E-state index is 0.0410. The molecule has 1 fully saturated rings. The molecule has 1 aromatic carbocycles. The van der Waals surface area contributed by atoms with E-state index < -0.39 is 4.92 Å². The van der Waals surface area contributed by atoms with Crippen LogP contribution in [0, 0.1) is 15.9 Å². The molecule has 4 rings (SSSR count). The normalized spacial score (nSPS) is 20.4. The van der Waals surface area contributed by atoms with Crippen LogP contribution >= 0.6 is 0 Å². The first-order valence-electron chi connectivity index (χ1n) is 8.19. The van der Waals surface area contributed by atoms with Gasteiger partial charge in [-0.05, 0) is 29.2 Å². The first-order valence-corrected chi connectivity index (χ1v) is 8.19. The van der Waals surface area contributed by atoms with Crippen LogP contribution < -0.4 is 9.64 Å². The Bertz CT molecular complexity index is 747. The van der Waals surface area contributed by atoms with Crippen LogP contribution in [0.4, 0.5) is 15.9 Å². The van der Waals surface area contributed by atoms with Gasteiger partial charge in [-0.15, -0.1) is 0 Å². The van der Waals surface area contributed by atoms with E-state index in [-0.39, 0.29) is 17.7 Å². The molecular formula is C16H18FN5O3. The van der Waals surface area contributed by atoms with Gasteiger partial charge in [0.25, 0.3) is 0 Å². The van der Waals surface area contributed by atoms with Crippen molar-refractivity contribution >= 4 is 11.5 Å². The minimum Gasteiger partial charge on any atom is -0.439 e. The van der Waals surface area contributed by atoms with Gasteiger partial charge in [-0.25, -0.2) is 4.39 Å². The van der Waals surface area contributed by atoms with Crippen molar-refractivity contribution in [2.75, 3.05) is 37.6 Å². The van der Waals surface area contributed by atoms with Crippen molar-refractivity contribution in [3.63, 3.8) is 0 Å². The summed E-state index contributed by atoms with van der Waals surface area (Å²) in [5, 5.41) is 10.7. The topological polar surface area (TPSA) is 76.7 Å². The molecule has 2 aliphatic rings. The number of halogens is 1. The number of nitro groups is 1. The fraction of sp³-hybridized carbons (Fsp3) is 0.438. The van der Waals surface area contributed by atoms with Crippen molar-refractivity contribution < 1.29 is 14.1 Å². The molecule has 0 spiro atoms. The molecule has 132 valence electrons. The van der Waals surface area contributed by atoms with Crippen molar-refractivity contribution in [3.05, 3.63) is 46.4 Å². The largest absolute Gasteiger partial charge is 0.439 e. The summed E-state index contributed by atoms with van der Waals surface area (Å²) in [5.41, 5.74) is 1.03. The third-order valence-corrected chi connectivity index (χ3v) is 4.61. The lowest BCUT2D eigenvalue weighted by molar-refractivity contribution is -0.389. The van der Waals surface area contributed by atoms with E-state index in [2.05, 4.69) is 14.8 Å². The van der Waals surface area contributed by atoms with E-state index in [4.69, 9.17) is 4.74 Å². The lowest BCUT2D eigenvalue weighted by atomic mass is 10.2. The van der Waals surface area contributed by atoms with Crippen molar-refractivity contribution in [2.24, 2.45) is 0 Å². The van der Waals surface area contributed by atoms with E-state index in [0.717, 1.165) is 38.4 Å². The van der Waals surface area contributed by atoms with Gasteiger partial charge in [0.15, 0.2) is 0 Å². The number of nitrogens with zero attached hydrogens (tertiary/aromatic N) is 5. The van der Waals surface area contributed by atoms with Crippen LogP contribution in [0.15, 0.2) is 30.5 Å². The number of piperazine rings is 1. The summed E-state index contributed by atoms with van der Waals surface area (Å²) >= 11 is 0. The van der Waals surface area contributed by atoms with E-state index in [0.29, 0.717) is 12.6 Å². The van der Waals surface area contributed by atoms with E-state index in [1.54, 1.807) is 16.7 Å². The number of rotatable bonds is 4. The number of imidazole rings is 1. The van der Waals surface area contributed by atoms with Gasteiger partial charge in [-0.2, -0.15) is 0 Å². The Morgan fingerprint density at radius 1 is 1.24 bits per heavy atom. The van der Waals surface area contributed by atoms with E-state index >= 15 is 0 Å². The van der Waals surface area contributed by atoms with E-state index in [1.165, 1.54) is 18.3 Å². The molecule has 0 saturated carbocycles. The van der Waals surface area contributed by atoms with E-state index in [9.17, 15) is 14.5 Å². The Morgan fingerprint density at radius 3 is 2.60 bits per heavy atom. The third-order valence-electron chi connectivity index (χ3n) is 4.61. The molecule has 9 heteroatoms. The summed E-state index contributed by atoms with van der Waals surface area (Å²) < 4.78 is 20.4. The lowest BCUT2D eigenvalue weighted by Gasteiger charge is -2.36. The Kier molecular flexibility index (Phi) is 4.00. The zero-order chi connectivity index (χ0) is 17.4. The predicted molar refractivity (Wildman–Crippen MR) is 88.4 cm³/mol. The van der Waals surface area contributed by atoms with Crippen molar-refractivity contribution in [3.8, 4) is 6.01 Å². The van der Waals surface area contributed by atoms with Crippen LogP contribution in [0.2, 0.25) is 0 Å². The third kappa shape index (κ3) is 3.27. The monoisotopic (exact) mass is 347 g/mol. The first kappa shape index (κ1) is 15.8. The number of fused-ring (bicyclic) bond motifs is 1. The predicted octanol–water partition coefficient (Wildman–Crippen LogP) is 1.51. The van der Waals surface area contributed by atoms with Crippen LogP contribution in [0.1, 0.15) is 0 Å². The molecule has 0 N–H and O–H groups in total.